The average Bonchev–Trinajstić information content (AvgIpc) is 3.30. The summed E-state index contributed by atoms with van der Waals surface area (Å²) in [7, 11) is 0. The number of hydrogen-bond donors (Lipinski definition) is 1. The largest absolute Gasteiger partial charge is 0.382 e. The number of hydrogen-bond acceptors (Lipinski definition) is 9. The molecule has 0 aliphatic carbocycles. The van der Waals surface area contributed by atoms with Crippen molar-refractivity contribution in [2.24, 2.45) is 0 Å². The molecule has 3 fully saturated rings. The third-order valence-corrected chi connectivity index (χ3v) is 5.43. The van der Waals surface area contributed by atoms with E-state index in [2.05, 4.69) is 15.0 Å². The SMILES string of the molecule is CC1(C)O[C@@H]2[C@H](O1)[C@@H](COC1CCCCO1)O[C@H]2n1c(F)nc2c(N)ncnc21. The van der Waals surface area contributed by atoms with Gasteiger partial charge in [0.1, 0.15) is 24.6 Å². The van der Waals surface area contributed by atoms with E-state index in [4.69, 9.17) is 29.4 Å². The molecular formula is C18H24FN5O5. The first-order valence-electron chi connectivity index (χ1n) is 9.81. The summed E-state index contributed by atoms with van der Waals surface area (Å²) in [5.41, 5.74) is 6.24. The Hall–Kier alpha value is -1.92. The van der Waals surface area contributed by atoms with Crippen molar-refractivity contribution in [2.75, 3.05) is 18.9 Å². The fourth-order valence-electron chi connectivity index (χ4n) is 4.17. The number of ether oxygens (including phenoxy) is 5. The van der Waals surface area contributed by atoms with Crippen molar-refractivity contribution in [3.63, 3.8) is 0 Å². The van der Waals surface area contributed by atoms with Crippen LogP contribution in [0, 0.1) is 6.08 Å². The van der Waals surface area contributed by atoms with Gasteiger partial charge in [0.05, 0.1) is 6.61 Å². The van der Waals surface area contributed by atoms with Crippen LogP contribution in [0.4, 0.5) is 10.2 Å². The van der Waals surface area contributed by atoms with E-state index in [1.54, 1.807) is 0 Å². The van der Waals surface area contributed by atoms with E-state index in [1.807, 2.05) is 13.8 Å². The van der Waals surface area contributed by atoms with Crippen LogP contribution < -0.4 is 5.73 Å². The van der Waals surface area contributed by atoms with E-state index in [-0.39, 0.29) is 29.9 Å². The van der Waals surface area contributed by atoms with Crippen LogP contribution in [0.25, 0.3) is 11.2 Å². The fraction of sp³-hybridized carbons (Fsp3) is 0.722. The van der Waals surface area contributed by atoms with Gasteiger partial charge in [0, 0.05) is 6.61 Å². The van der Waals surface area contributed by atoms with Crippen molar-refractivity contribution in [3.8, 4) is 0 Å². The Labute approximate surface area is 166 Å². The minimum absolute atomic E-state index is 0.0976. The molecule has 0 aromatic carbocycles. The standard InChI is InChI=1S/C18H24FN5O5/c1-18(2)28-12-9(7-26-10-5-3-4-6-25-10)27-16(13(12)29-18)24-15-11(23-17(24)19)14(20)21-8-22-15/h8-10,12-13,16H,3-7H2,1-2H3,(H2,20,21,22)/t9-,10?,12-,13-,16-/m1/s1. The van der Waals surface area contributed by atoms with E-state index in [1.165, 1.54) is 10.9 Å². The molecule has 5 heterocycles. The van der Waals surface area contributed by atoms with E-state index in [9.17, 15) is 4.39 Å². The molecule has 0 amide bonds. The van der Waals surface area contributed by atoms with E-state index < -0.39 is 36.4 Å². The Balaban J connectivity index is 1.43. The number of anilines is 1. The summed E-state index contributed by atoms with van der Waals surface area (Å²) in [6.45, 7) is 4.55. The highest BCUT2D eigenvalue weighted by Gasteiger charge is 2.56. The van der Waals surface area contributed by atoms with Crippen LogP contribution in [0.2, 0.25) is 0 Å². The zero-order chi connectivity index (χ0) is 20.2. The van der Waals surface area contributed by atoms with Gasteiger partial charge in [0.2, 0.25) is 0 Å². The van der Waals surface area contributed by atoms with Crippen LogP contribution in [-0.4, -0.2) is 63.1 Å². The van der Waals surface area contributed by atoms with Gasteiger partial charge in [-0.15, -0.1) is 0 Å². The van der Waals surface area contributed by atoms with Gasteiger partial charge in [-0.25, -0.2) is 9.97 Å². The first kappa shape index (κ1) is 19.1. The van der Waals surface area contributed by atoms with Gasteiger partial charge < -0.3 is 29.4 Å². The molecule has 29 heavy (non-hydrogen) atoms. The first-order chi connectivity index (χ1) is 13.9. The second-order valence-corrected chi connectivity index (χ2v) is 7.94. The number of fused-ring (bicyclic) bond motifs is 2. The Kier molecular flexibility index (Phi) is 4.67. The van der Waals surface area contributed by atoms with Crippen molar-refractivity contribution >= 4 is 17.0 Å². The number of nitrogens with two attached hydrogens (primary N) is 1. The predicted molar refractivity (Wildman–Crippen MR) is 97.0 cm³/mol. The van der Waals surface area contributed by atoms with Gasteiger partial charge in [-0.1, -0.05) is 0 Å². The second kappa shape index (κ2) is 7.10. The number of nitrogens with zero attached hydrogens (tertiary/aromatic N) is 4. The zero-order valence-electron chi connectivity index (χ0n) is 16.3. The van der Waals surface area contributed by atoms with E-state index in [0.717, 1.165) is 19.3 Å². The Morgan fingerprint density at radius 1 is 1.28 bits per heavy atom. The Morgan fingerprint density at radius 2 is 2.10 bits per heavy atom. The summed E-state index contributed by atoms with van der Waals surface area (Å²) in [5, 5.41) is 0. The summed E-state index contributed by atoms with van der Waals surface area (Å²) in [4.78, 5) is 11.9. The van der Waals surface area contributed by atoms with Crippen molar-refractivity contribution < 1.29 is 28.1 Å². The summed E-state index contributed by atoms with van der Waals surface area (Å²) >= 11 is 0. The maximum Gasteiger partial charge on any atom is 0.293 e. The number of rotatable bonds is 4. The lowest BCUT2D eigenvalue weighted by atomic mass is 10.1. The minimum Gasteiger partial charge on any atom is -0.382 e. The molecule has 5 rings (SSSR count). The molecule has 0 bridgehead atoms. The number of nitrogen functional groups attached to an aromatic ring is 1. The molecule has 3 aliphatic rings. The average molecular weight is 409 g/mol. The molecule has 3 saturated heterocycles. The molecule has 10 nitrogen and oxygen atoms in total. The van der Waals surface area contributed by atoms with Gasteiger partial charge in [-0.3, -0.25) is 4.57 Å². The van der Waals surface area contributed by atoms with Crippen LogP contribution in [-0.2, 0) is 23.7 Å². The number of aromatic nitrogens is 4. The molecule has 158 valence electrons. The van der Waals surface area contributed by atoms with Gasteiger partial charge in [-0.2, -0.15) is 9.37 Å². The van der Waals surface area contributed by atoms with Crippen LogP contribution in [0.1, 0.15) is 39.3 Å². The van der Waals surface area contributed by atoms with E-state index in [0.29, 0.717) is 6.61 Å². The number of imidazole rings is 1. The summed E-state index contributed by atoms with van der Waals surface area (Å²) in [5.74, 6) is -0.738. The molecular weight excluding hydrogens is 385 g/mol. The third kappa shape index (κ3) is 3.36. The quantitative estimate of drug-likeness (QED) is 0.750. The normalized spacial score (nSPS) is 34.0. The van der Waals surface area contributed by atoms with Gasteiger partial charge in [0.15, 0.2) is 35.3 Å². The fourth-order valence-corrected chi connectivity index (χ4v) is 4.17. The van der Waals surface area contributed by atoms with Gasteiger partial charge >= 0.3 is 0 Å². The molecule has 2 aromatic heterocycles. The van der Waals surface area contributed by atoms with Crippen molar-refractivity contribution in [1.82, 2.24) is 19.5 Å². The molecule has 11 heteroatoms. The minimum atomic E-state index is -0.835. The van der Waals surface area contributed by atoms with Crippen LogP contribution in [0.15, 0.2) is 6.33 Å². The van der Waals surface area contributed by atoms with Crippen LogP contribution in [0.3, 0.4) is 0 Å². The van der Waals surface area contributed by atoms with Gasteiger partial charge in [-0.05, 0) is 33.1 Å². The summed E-state index contributed by atoms with van der Waals surface area (Å²) < 4.78 is 45.8. The summed E-state index contributed by atoms with van der Waals surface area (Å²) in [6, 6.07) is 0. The predicted octanol–water partition coefficient (Wildman–Crippen LogP) is 1.51. The molecule has 0 saturated carbocycles. The number of halogens is 1. The highest BCUT2D eigenvalue weighted by Crippen LogP contribution is 2.44. The molecule has 0 spiro atoms. The topological polar surface area (TPSA) is 116 Å². The third-order valence-electron chi connectivity index (χ3n) is 5.43. The van der Waals surface area contributed by atoms with Crippen LogP contribution in [0.5, 0.6) is 0 Å². The maximum atomic E-state index is 14.8. The highest BCUT2D eigenvalue weighted by molar-refractivity contribution is 5.81. The lowest BCUT2D eigenvalue weighted by Crippen LogP contribution is -2.35. The molecule has 1 unspecified atom stereocenters. The highest BCUT2D eigenvalue weighted by atomic mass is 19.1. The Morgan fingerprint density at radius 3 is 2.90 bits per heavy atom. The molecule has 3 aliphatic heterocycles. The van der Waals surface area contributed by atoms with Crippen molar-refractivity contribution in [1.29, 1.82) is 0 Å². The smallest absolute Gasteiger partial charge is 0.293 e. The van der Waals surface area contributed by atoms with Crippen molar-refractivity contribution in [2.45, 2.75) is 69.7 Å². The van der Waals surface area contributed by atoms with Crippen LogP contribution >= 0.6 is 0 Å². The lowest BCUT2D eigenvalue weighted by Gasteiger charge is -2.27. The molecule has 2 N–H and O–H groups in total. The first-order valence-corrected chi connectivity index (χ1v) is 9.81. The lowest BCUT2D eigenvalue weighted by molar-refractivity contribution is -0.219. The summed E-state index contributed by atoms with van der Waals surface area (Å²) in [6.07, 6.45) is 0.863. The van der Waals surface area contributed by atoms with E-state index >= 15 is 0 Å². The zero-order valence-corrected chi connectivity index (χ0v) is 16.3. The molecule has 0 radical (unpaired) electrons. The molecule has 2 aromatic rings. The second-order valence-electron chi connectivity index (χ2n) is 7.94. The van der Waals surface area contributed by atoms with Crippen molar-refractivity contribution in [3.05, 3.63) is 12.4 Å². The molecule has 5 atom stereocenters. The Bertz CT molecular complexity index is 902. The monoisotopic (exact) mass is 409 g/mol. The van der Waals surface area contributed by atoms with Gasteiger partial charge in [0.25, 0.3) is 6.08 Å². The maximum absolute atomic E-state index is 14.8.